The molecule has 2 unspecified atom stereocenters. The number of carbonyl (C=O) groups excluding carboxylic acids is 1. The first kappa shape index (κ1) is 20.2. The van der Waals surface area contributed by atoms with Crippen molar-refractivity contribution >= 4 is 6.09 Å². The van der Waals surface area contributed by atoms with Crippen molar-refractivity contribution in [3.8, 4) is 0 Å². The maximum atomic E-state index is 12.6. The van der Waals surface area contributed by atoms with Crippen molar-refractivity contribution in [3.05, 3.63) is 29.6 Å². The van der Waals surface area contributed by atoms with Crippen LogP contribution >= 0.6 is 0 Å². The number of nitrogens with zero attached hydrogens (tertiary/aromatic N) is 1. The molecule has 0 aliphatic heterocycles. The molecule has 0 aliphatic rings. The van der Waals surface area contributed by atoms with E-state index in [1.54, 1.807) is 20.8 Å². The molecule has 24 heavy (non-hydrogen) atoms. The molecule has 0 saturated heterocycles. The van der Waals surface area contributed by atoms with Crippen LogP contribution in [0.25, 0.3) is 0 Å². The Bertz CT molecular complexity index is 558. The highest BCUT2D eigenvalue weighted by Gasteiger charge is 2.33. The van der Waals surface area contributed by atoms with Gasteiger partial charge in [-0.1, -0.05) is 0 Å². The van der Waals surface area contributed by atoms with Gasteiger partial charge >= 0.3 is 12.3 Å². The Hall–Kier alpha value is -1.87. The van der Waals surface area contributed by atoms with Crippen LogP contribution in [0.4, 0.5) is 18.0 Å². The number of carbonyl (C=O) groups is 1. The number of halogens is 3. The normalized spacial score (nSPS) is 14.8. The molecule has 2 atom stereocenters. The van der Waals surface area contributed by atoms with Crippen molar-refractivity contribution in [2.75, 3.05) is 6.54 Å². The molecular weight excluding hydrogens is 329 g/mol. The van der Waals surface area contributed by atoms with E-state index in [0.29, 0.717) is 6.07 Å². The third kappa shape index (κ3) is 6.71. The van der Waals surface area contributed by atoms with Gasteiger partial charge in [0.05, 0.1) is 6.10 Å². The van der Waals surface area contributed by atoms with Gasteiger partial charge in [0, 0.05) is 12.7 Å². The number of rotatable bonds is 5. The topological polar surface area (TPSA) is 91.7 Å². The van der Waals surface area contributed by atoms with Gasteiger partial charge in [-0.05, 0) is 44.9 Å². The molecule has 1 aromatic rings. The lowest BCUT2D eigenvalue weighted by Gasteiger charge is -2.21. The predicted molar refractivity (Wildman–Crippen MR) is 79.1 cm³/mol. The van der Waals surface area contributed by atoms with Gasteiger partial charge in [0.25, 0.3) is 0 Å². The summed E-state index contributed by atoms with van der Waals surface area (Å²) in [7, 11) is 0. The van der Waals surface area contributed by atoms with E-state index >= 15 is 0 Å². The van der Waals surface area contributed by atoms with Crippen molar-refractivity contribution in [2.24, 2.45) is 0 Å². The van der Waals surface area contributed by atoms with E-state index in [9.17, 15) is 28.2 Å². The van der Waals surface area contributed by atoms with Crippen molar-refractivity contribution in [1.29, 1.82) is 0 Å². The molecule has 1 amide bonds. The lowest BCUT2D eigenvalue weighted by atomic mass is 10.0. The number of aromatic nitrogens is 1. The number of aliphatic hydroxyl groups is 2. The monoisotopic (exact) mass is 350 g/mol. The summed E-state index contributed by atoms with van der Waals surface area (Å²) in [6, 6.07) is 1.86. The highest BCUT2D eigenvalue weighted by Crippen LogP contribution is 2.29. The fraction of sp³-hybridized carbons (Fsp3) is 0.600. The smallest absolute Gasteiger partial charge is 0.433 e. The standard InChI is InChI=1S/C15H21F3N2O4/c1-14(2,3)24-13(23)20-7-5-10(21)12(22)9-4-6-19-11(8-9)15(16,17)18/h4,6,8,10,12,21-22H,5,7H2,1-3H3,(H,20,23). The number of ether oxygens (including phenoxy) is 1. The quantitative estimate of drug-likeness (QED) is 0.758. The van der Waals surface area contributed by atoms with Gasteiger partial charge in [0.2, 0.25) is 0 Å². The Morgan fingerprint density at radius 1 is 1.33 bits per heavy atom. The van der Waals surface area contributed by atoms with Crippen LogP contribution in [0.1, 0.15) is 44.6 Å². The summed E-state index contributed by atoms with van der Waals surface area (Å²) in [5.74, 6) is 0. The van der Waals surface area contributed by atoms with E-state index in [2.05, 4.69) is 10.3 Å². The number of alkyl carbamates (subject to hydrolysis) is 1. The van der Waals surface area contributed by atoms with Crippen molar-refractivity contribution in [2.45, 2.75) is 51.2 Å². The molecule has 1 heterocycles. The van der Waals surface area contributed by atoms with E-state index < -0.39 is 35.8 Å². The Morgan fingerprint density at radius 3 is 2.50 bits per heavy atom. The summed E-state index contributed by atoms with van der Waals surface area (Å²) in [6.45, 7) is 5.05. The van der Waals surface area contributed by atoms with Crippen LogP contribution < -0.4 is 5.32 Å². The van der Waals surface area contributed by atoms with Gasteiger partial charge < -0.3 is 20.3 Å². The van der Waals surface area contributed by atoms with E-state index in [1.807, 2.05) is 0 Å². The Kier molecular flexibility index (Phi) is 6.56. The predicted octanol–water partition coefficient (Wildman–Crippen LogP) is 2.41. The first-order chi connectivity index (χ1) is 10.9. The molecule has 3 N–H and O–H groups in total. The van der Waals surface area contributed by atoms with Gasteiger partial charge in [-0.25, -0.2) is 4.79 Å². The summed E-state index contributed by atoms with van der Waals surface area (Å²) < 4.78 is 42.8. The number of alkyl halides is 3. The Balaban J connectivity index is 2.56. The maximum Gasteiger partial charge on any atom is 0.433 e. The number of aliphatic hydroxyl groups excluding tert-OH is 2. The lowest BCUT2D eigenvalue weighted by Crippen LogP contribution is -2.34. The summed E-state index contributed by atoms with van der Waals surface area (Å²) in [5, 5.41) is 22.2. The van der Waals surface area contributed by atoms with Gasteiger partial charge in [0.1, 0.15) is 17.4 Å². The molecule has 9 heteroatoms. The number of hydrogen-bond acceptors (Lipinski definition) is 5. The molecule has 0 bridgehead atoms. The molecule has 1 rings (SSSR count). The molecule has 0 saturated carbocycles. The minimum Gasteiger partial charge on any atom is -0.444 e. The van der Waals surface area contributed by atoms with E-state index in [0.717, 1.165) is 6.20 Å². The number of hydrogen-bond donors (Lipinski definition) is 3. The second-order valence-corrected chi connectivity index (χ2v) is 6.20. The molecule has 0 fully saturated rings. The highest BCUT2D eigenvalue weighted by molar-refractivity contribution is 5.67. The van der Waals surface area contributed by atoms with Gasteiger partial charge in [0.15, 0.2) is 0 Å². The fourth-order valence-corrected chi connectivity index (χ4v) is 1.80. The number of amides is 1. The van der Waals surface area contributed by atoms with Crippen LogP contribution in [-0.2, 0) is 10.9 Å². The molecule has 136 valence electrons. The third-order valence-electron chi connectivity index (χ3n) is 2.89. The average Bonchev–Trinajstić information content (AvgIpc) is 2.43. The molecule has 0 aromatic carbocycles. The van der Waals surface area contributed by atoms with Crippen LogP contribution in [0.5, 0.6) is 0 Å². The second-order valence-electron chi connectivity index (χ2n) is 6.20. The highest BCUT2D eigenvalue weighted by atomic mass is 19.4. The minimum absolute atomic E-state index is 0.00957. The summed E-state index contributed by atoms with van der Waals surface area (Å²) in [4.78, 5) is 14.6. The van der Waals surface area contributed by atoms with Crippen LogP contribution in [0.3, 0.4) is 0 Å². The first-order valence-electron chi connectivity index (χ1n) is 7.26. The molecule has 1 aromatic heterocycles. The van der Waals surface area contributed by atoms with Gasteiger partial charge in [-0.15, -0.1) is 0 Å². The molecule has 0 spiro atoms. The first-order valence-corrected chi connectivity index (χ1v) is 7.26. The Morgan fingerprint density at radius 2 is 1.96 bits per heavy atom. The van der Waals surface area contributed by atoms with Crippen molar-refractivity contribution in [1.82, 2.24) is 10.3 Å². The summed E-state index contributed by atoms with van der Waals surface area (Å²) in [5.41, 5.74) is -1.94. The van der Waals surface area contributed by atoms with Gasteiger partial charge in [-0.3, -0.25) is 4.98 Å². The van der Waals surface area contributed by atoms with Gasteiger partial charge in [-0.2, -0.15) is 13.2 Å². The SMILES string of the molecule is CC(C)(C)OC(=O)NCCC(O)C(O)c1ccnc(C(F)(F)F)c1. The minimum atomic E-state index is -4.64. The largest absolute Gasteiger partial charge is 0.444 e. The zero-order valence-electron chi connectivity index (χ0n) is 13.6. The maximum absolute atomic E-state index is 12.6. The van der Waals surface area contributed by atoms with Crippen LogP contribution in [0.15, 0.2) is 18.3 Å². The molecule has 6 nitrogen and oxygen atoms in total. The van der Waals surface area contributed by atoms with E-state index in [1.165, 1.54) is 6.07 Å². The van der Waals surface area contributed by atoms with E-state index in [4.69, 9.17) is 4.74 Å². The molecule has 0 aliphatic carbocycles. The summed E-state index contributed by atoms with van der Waals surface area (Å²) in [6.07, 6.45) is -7.37. The molecule has 0 radical (unpaired) electrons. The zero-order valence-corrected chi connectivity index (χ0v) is 13.6. The Labute approximate surface area is 137 Å². The van der Waals surface area contributed by atoms with Crippen LogP contribution in [0.2, 0.25) is 0 Å². The van der Waals surface area contributed by atoms with E-state index in [-0.39, 0.29) is 18.5 Å². The summed E-state index contributed by atoms with van der Waals surface area (Å²) >= 11 is 0. The van der Waals surface area contributed by atoms with Crippen molar-refractivity contribution < 1.29 is 32.9 Å². The second kappa shape index (κ2) is 7.80. The lowest BCUT2D eigenvalue weighted by molar-refractivity contribution is -0.141. The van der Waals surface area contributed by atoms with Crippen molar-refractivity contribution in [3.63, 3.8) is 0 Å². The van der Waals surface area contributed by atoms with Crippen LogP contribution in [-0.4, -0.2) is 39.5 Å². The third-order valence-corrected chi connectivity index (χ3v) is 2.89. The average molecular weight is 350 g/mol. The van der Waals surface area contributed by atoms with Crippen LogP contribution in [0, 0.1) is 0 Å². The number of nitrogens with one attached hydrogen (secondary N) is 1. The zero-order chi connectivity index (χ0) is 18.5. The number of pyridine rings is 1. The fourth-order valence-electron chi connectivity index (χ4n) is 1.80. The molecular formula is C15H21F3N2O4.